The highest BCUT2D eigenvalue weighted by molar-refractivity contribution is 9.10. The summed E-state index contributed by atoms with van der Waals surface area (Å²) in [5, 5.41) is 0. The van der Waals surface area contributed by atoms with E-state index in [1.807, 2.05) is 0 Å². The van der Waals surface area contributed by atoms with Crippen LogP contribution in [0.4, 0.5) is 0 Å². The van der Waals surface area contributed by atoms with Crippen LogP contribution < -0.4 is 0 Å². The fourth-order valence-electron chi connectivity index (χ4n) is 2.01. The maximum Gasteiger partial charge on any atom is 0.109 e. The molecule has 2 heterocycles. The van der Waals surface area contributed by atoms with Gasteiger partial charge in [-0.3, -0.25) is 0 Å². The smallest absolute Gasteiger partial charge is 0.109 e. The van der Waals surface area contributed by atoms with E-state index in [1.165, 1.54) is 17.8 Å². The number of hydrogen-bond acceptors (Lipinski definition) is 1. The van der Waals surface area contributed by atoms with E-state index >= 15 is 0 Å². The first-order valence-corrected chi connectivity index (χ1v) is 5.94. The zero-order valence-corrected chi connectivity index (χ0v) is 12.0. The molecule has 0 saturated carbocycles. The summed E-state index contributed by atoms with van der Waals surface area (Å²) >= 11 is 3.44. The monoisotopic (exact) mass is 342 g/mol. The molecule has 1 aliphatic heterocycles. The van der Waals surface area contributed by atoms with Crippen molar-refractivity contribution in [1.29, 1.82) is 0 Å². The second-order valence-corrected chi connectivity index (χ2v) is 4.76. The van der Waals surface area contributed by atoms with Crippen LogP contribution in [0.2, 0.25) is 0 Å². The van der Waals surface area contributed by atoms with Crippen molar-refractivity contribution < 1.29 is 0 Å². The third-order valence-electron chi connectivity index (χ3n) is 2.80. The van der Waals surface area contributed by atoms with Gasteiger partial charge in [0, 0.05) is 29.2 Å². The van der Waals surface area contributed by atoms with E-state index < -0.39 is 0 Å². The van der Waals surface area contributed by atoms with Crippen LogP contribution in [-0.4, -0.2) is 9.55 Å². The third kappa shape index (κ3) is 2.09. The van der Waals surface area contributed by atoms with Crippen LogP contribution in [-0.2, 0) is 13.0 Å². The van der Waals surface area contributed by atoms with Gasteiger partial charge in [-0.2, -0.15) is 0 Å². The van der Waals surface area contributed by atoms with Crippen LogP contribution in [0.25, 0.3) is 11.3 Å². The maximum absolute atomic E-state index is 4.64. The van der Waals surface area contributed by atoms with Crippen molar-refractivity contribution in [3.05, 3.63) is 40.8 Å². The van der Waals surface area contributed by atoms with Gasteiger partial charge in [0.2, 0.25) is 0 Å². The SMILES string of the molecule is Br.Brc1ccc(-c2cn3c(n2)CCC3)cc1. The Morgan fingerprint density at radius 3 is 2.62 bits per heavy atom. The summed E-state index contributed by atoms with van der Waals surface area (Å²) in [6.45, 7) is 1.12. The van der Waals surface area contributed by atoms with E-state index in [9.17, 15) is 0 Å². The lowest BCUT2D eigenvalue weighted by atomic mass is 10.2. The van der Waals surface area contributed by atoms with E-state index in [-0.39, 0.29) is 17.0 Å². The zero-order chi connectivity index (χ0) is 10.3. The van der Waals surface area contributed by atoms with Crippen LogP contribution >= 0.6 is 32.9 Å². The maximum atomic E-state index is 4.64. The van der Waals surface area contributed by atoms with E-state index in [4.69, 9.17) is 0 Å². The Morgan fingerprint density at radius 2 is 1.94 bits per heavy atom. The predicted octanol–water partition coefficient (Wildman–Crippen LogP) is 3.84. The van der Waals surface area contributed by atoms with Crippen molar-refractivity contribution >= 4 is 32.9 Å². The highest BCUT2D eigenvalue weighted by atomic mass is 79.9. The van der Waals surface area contributed by atoms with Gasteiger partial charge in [0.05, 0.1) is 5.69 Å². The quantitative estimate of drug-likeness (QED) is 0.769. The summed E-state index contributed by atoms with van der Waals surface area (Å²) in [6.07, 6.45) is 4.52. The molecule has 0 fully saturated rings. The zero-order valence-electron chi connectivity index (χ0n) is 8.69. The average molecular weight is 344 g/mol. The number of rotatable bonds is 1. The van der Waals surface area contributed by atoms with Gasteiger partial charge < -0.3 is 4.57 Å². The van der Waals surface area contributed by atoms with Crippen molar-refractivity contribution in [3.8, 4) is 11.3 Å². The molecule has 1 aromatic carbocycles. The van der Waals surface area contributed by atoms with Crippen molar-refractivity contribution in [2.24, 2.45) is 0 Å². The standard InChI is InChI=1S/C12H11BrN2.BrH/c13-10-5-3-9(4-6-10)11-8-15-7-1-2-12(15)14-11;/h3-6,8H,1-2,7H2;1H. The number of halogens is 2. The van der Waals surface area contributed by atoms with Crippen molar-refractivity contribution in [2.45, 2.75) is 19.4 Å². The molecule has 0 radical (unpaired) electrons. The molecular weight excluding hydrogens is 332 g/mol. The normalized spacial score (nSPS) is 13.3. The van der Waals surface area contributed by atoms with Gasteiger partial charge in [-0.05, 0) is 18.6 Å². The van der Waals surface area contributed by atoms with E-state index in [1.54, 1.807) is 0 Å². The number of nitrogens with zero attached hydrogens (tertiary/aromatic N) is 2. The molecule has 0 saturated heterocycles. The Hall–Kier alpha value is -0.610. The highest BCUT2D eigenvalue weighted by Gasteiger charge is 2.13. The molecule has 0 unspecified atom stereocenters. The average Bonchev–Trinajstić information content (AvgIpc) is 2.78. The van der Waals surface area contributed by atoms with Gasteiger partial charge in [0.25, 0.3) is 0 Å². The van der Waals surface area contributed by atoms with Gasteiger partial charge >= 0.3 is 0 Å². The molecule has 0 N–H and O–H groups in total. The topological polar surface area (TPSA) is 17.8 Å². The van der Waals surface area contributed by atoms with Crippen molar-refractivity contribution in [1.82, 2.24) is 9.55 Å². The van der Waals surface area contributed by atoms with E-state index in [0.717, 1.165) is 23.1 Å². The summed E-state index contributed by atoms with van der Waals surface area (Å²) in [4.78, 5) is 4.64. The Bertz CT molecular complexity index is 467. The molecule has 2 aromatic rings. The first kappa shape index (κ1) is 11.9. The lowest BCUT2D eigenvalue weighted by Gasteiger charge is -1.96. The lowest BCUT2D eigenvalue weighted by Crippen LogP contribution is -1.87. The van der Waals surface area contributed by atoms with Gasteiger partial charge in [-0.1, -0.05) is 28.1 Å². The molecule has 2 nitrogen and oxygen atoms in total. The number of imidazole rings is 1. The summed E-state index contributed by atoms with van der Waals surface area (Å²) in [6, 6.07) is 8.31. The number of hydrogen-bond donors (Lipinski definition) is 0. The fourth-order valence-corrected chi connectivity index (χ4v) is 2.28. The minimum absolute atomic E-state index is 0. The van der Waals surface area contributed by atoms with Crippen LogP contribution in [0.3, 0.4) is 0 Å². The number of benzene rings is 1. The number of fused-ring (bicyclic) bond motifs is 1. The molecule has 84 valence electrons. The largest absolute Gasteiger partial charge is 0.334 e. The molecular formula is C12H12Br2N2. The minimum Gasteiger partial charge on any atom is -0.334 e. The molecule has 0 aliphatic carbocycles. The molecule has 0 spiro atoms. The van der Waals surface area contributed by atoms with Gasteiger partial charge in [-0.15, -0.1) is 17.0 Å². The van der Waals surface area contributed by atoms with Gasteiger partial charge in [-0.25, -0.2) is 4.98 Å². The second kappa shape index (κ2) is 4.72. The Balaban J connectivity index is 0.000000963. The lowest BCUT2D eigenvalue weighted by molar-refractivity contribution is 0.750. The molecule has 0 bridgehead atoms. The van der Waals surface area contributed by atoms with Crippen molar-refractivity contribution in [3.63, 3.8) is 0 Å². The molecule has 1 aliphatic rings. The summed E-state index contributed by atoms with van der Waals surface area (Å²) in [7, 11) is 0. The minimum atomic E-state index is 0. The summed E-state index contributed by atoms with van der Waals surface area (Å²) in [5.74, 6) is 1.23. The van der Waals surface area contributed by atoms with Crippen LogP contribution in [0.15, 0.2) is 34.9 Å². The molecule has 0 amide bonds. The first-order chi connectivity index (χ1) is 7.33. The predicted molar refractivity (Wildman–Crippen MR) is 74.0 cm³/mol. The summed E-state index contributed by atoms with van der Waals surface area (Å²) < 4.78 is 3.37. The van der Waals surface area contributed by atoms with Crippen molar-refractivity contribution in [2.75, 3.05) is 0 Å². The first-order valence-electron chi connectivity index (χ1n) is 5.15. The fraction of sp³-hybridized carbons (Fsp3) is 0.250. The Kier molecular flexibility index (Phi) is 3.50. The van der Waals surface area contributed by atoms with Crippen LogP contribution in [0, 0.1) is 0 Å². The highest BCUT2D eigenvalue weighted by Crippen LogP contribution is 2.24. The molecule has 3 rings (SSSR count). The van der Waals surface area contributed by atoms with E-state index in [0.29, 0.717) is 0 Å². The molecule has 16 heavy (non-hydrogen) atoms. The third-order valence-corrected chi connectivity index (χ3v) is 3.33. The Labute approximate surface area is 114 Å². The van der Waals surface area contributed by atoms with E-state index in [2.05, 4.69) is 55.9 Å². The van der Waals surface area contributed by atoms with Gasteiger partial charge in [0.15, 0.2) is 0 Å². The Morgan fingerprint density at radius 1 is 1.19 bits per heavy atom. The number of aromatic nitrogens is 2. The molecule has 0 atom stereocenters. The van der Waals surface area contributed by atoms with Gasteiger partial charge in [0.1, 0.15) is 5.82 Å². The summed E-state index contributed by atoms with van der Waals surface area (Å²) in [5.41, 5.74) is 2.29. The molecule has 4 heteroatoms. The second-order valence-electron chi connectivity index (χ2n) is 3.85. The van der Waals surface area contributed by atoms with Crippen LogP contribution in [0.5, 0.6) is 0 Å². The number of aryl methyl sites for hydroxylation is 2. The van der Waals surface area contributed by atoms with Crippen LogP contribution in [0.1, 0.15) is 12.2 Å². The molecule has 1 aromatic heterocycles.